The molecular weight excluding hydrogens is 317 g/mol. The van der Waals surface area contributed by atoms with Gasteiger partial charge in [-0.05, 0) is 28.1 Å². The highest BCUT2D eigenvalue weighted by Gasteiger charge is 2.17. The van der Waals surface area contributed by atoms with Crippen LogP contribution in [0.5, 0.6) is 0 Å². The van der Waals surface area contributed by atoms with E-state index < -0.39 is 16.8 Å². The maximum Gasteiger partial charge on any atom is 0.185 e. The molecule has 0 aliphatic carbocycles. The number of fused-ring (bicyclic) bond motifs is 1. The molecule has 0 amide bonds. The second-order valence-electron chi connectivity index (χ2n) is 3.17. The van der Waals surface area contributed by atoms with Crippen LogP contribution >= 0.6 is 27.5 Å². The predicted octanol–water partition coefficient (Wildman–Crippen LogP) is 3.65. The summed E-state index contributed by atoms with van der Waals surface area (Å²) >= 11 is 8.63. The zero-order valence-corrected chi connectivity index (χ0v) is 10.4. The van der Waals surface area contributed by atoms with E-state index in [0.29, 0.717) is 9.86 Å². The van der Waals surface area contributed by atoms with Crippen LogP contribution in [0.1, 0.15) is 5.56 Å². The van der Waals surface area contributed by atoms with Crippen molar-refractivity contribution in [2.45, 2.75) is 0 Å². The van der Waals surface area contributed by atoms with Gasteiger partial charge in [0, 0.05) is 16.1 Å². The minimum absolute atomic E-state index is 0.114. The van der Waals surface area contributed by atoms with Crippen LogP contribution < -0.4 is 0 Å². The molecule has 0 bridgehead atoms. The lowest BCUT2D eigenvalue weighted by Crippen LogP contribution is -2.01. The summed E-state index contributed by atoms with van der Waals surface area (Å²) < 4.78 is 27.8. The van der Waals surface area contributed by atoms with Gasteiger partial charge in [0.2, 0.25) is 0 Å². The standard InChI is InChI=1S/C10H4BrClF2N2O/c11-5-1-4-2-6(10(12)16-17)7(13)8(14)9(4)15-3-5/h1-3,17H/b16-10-. The molecule has 0 atom stereocenters. The lowest BCUT2D eigenvalue weighted by Gasteiger charge is -2.05. The molecule has 1 aromatic carbocycles. The summed E-state index contributed by atoms with van der Waals surface area (Å²) in [6, 6.07) is 2.81. The van der Waals surface area contributed by atoms with Crippen molar-refractivity contribution in [1.29, 1.82) is 0 Å². The lowest BCUT2D eigenvalue weighted by molar-refractivity contribution is 0.320. The normalized spacial score (nSPS) is 12.1. The molecule has 1 N–H and O–H groups in total. The number of pyridine rings is 1. The van der Waals surface area contributed by atoms with Crippen molar-refractivity contribution in [2.75, 3.05) is 0 Å². The second-order valence-corrected chi connectivity index (χ2v) is 4.44. The molecule has 0 saturated heterocycles. The highest BCUT2D eigenvalue weighted by molar-refractivity contribution is 9.10. The molecule has 0 fully saturated rings. The van der Waals surface area contributed by atoms with Crippen LogP contribution in [0, 0.1) is 11.6 Å². The number of hydrogen-bond acceptors (Lipinski definition) is 3. The maximum atomic E-state index is 13.6. The van der Waals surface area contributed by atoms with Crippen molar-refractivity contribution in [1.82, 2.24) is 4.98 Å². The summed E-state index contributed by atoms with van der Waals surface area (Å²) in [5.41, 5.74) is -0.434. The van der Waals surface area contributed by atoms with E-state index in [-0.39, 0.29) is 11.1 Å². The van der Waals surface area contributed by atoms with Gasteiger partial charge in [0.25, 0.3) is 0 Å². The summed E-state index contributed by atoms with van der Waals surface area (Å²) in [7, 11) is 0. The summed E-state index contributed by atoms with van der Waals surface area (Å²) in [4.78, 5) is 3.76. The first-order valence-corrected chi connectivity index (χ1v) is 5.53. The number of nitrogens with zero attached hydrogens (tertiary/aromatic N) is 2. The third-order valence-electron chi connectivity index (χ3n) is 2.13. The van der Waals surface area contributed by atoms with Crippen LogP contribution in [-0.2, 0) is 0 Å². The van der Waals surface area contributed by atoms with E-state index in [1.165, 1.54) is 12.3 Å². The zero-order chi connectivity index (χ0) is 12.6. The van der Waals surface area contributed by atoms with Gasteiger partial charge in [0.1, 0.15) is 5.52 Å². The Morgan fingerprint density at radius 2 is 2.06 bits per heavy atom. The third-order valence-corrected chi connectivity index (χ3v) is 2.84. The van der Waals surface area contributed by atoms with Crippen molar-refractivity contribution < 1.29 is 14.0 Å². The van der Waals surface area contributed by atoms with E-state index in [2.05, 4.69) is 26.1 Å². The number of hydrogen-bond donors (Lipinski definition) is 1. The van der Waals surface area contributed by atoms with Gasteiger partial charge in [0.15, 0.2) is 16.8 Å². The molecule has 0 spiro atoms. The second kappa shape index (κ2) is 4.54. The Balaban J connectivity index is 2.85. The summed E-state index contributed by atoms with van der Waals surface area (Å²) in [6.07, 6.45) is 1.35. The fraction of sp³-hybridized carbons (Fsp3) is 0. The molecule has 0 saturated carbocycles. The molecule has 0 aliphatic heterocycles. The molecule has 17 heavy (non-hydrogen) atoms. The number of oxime groups is 1. The van der Waals surface area contributed by atoms with Crippen molar-refractivity contribution in [3.63, 3.8) is 0 Å². The molecule has 1 heterocycles. The van der Waals surface area contributed by atoms with Gasteiger partial charge in [-0.15, -0.1) is 0 Å². The average molecular weight is 322 g/mol. The van der Waals surface area contributed by atoms with E-state index in [9.17, 15) is 8.78 Å². The number of aromatic nitrogens is 1. The van der Waals surface area contributed by atoms with Gasteiger partial charge >= 0.3 is 0 Å². The minimum atomic E-state index is -1.20. The van der Waals surface area contributed by atoms with Gasteiger partial charge in [0.05, 0.1) is 5.56 Å². The first kappa shape index (κ1) is 12.2. The Labute approximate surface area is 108 Å². The monoisotopic (exact) mass is 320 g/mol. The molecule has 1 aromatic heterocycles. The smallest absolute Gasteiger partial charge is 0.185 e. The quantitative estimate of drug-likeness (QED) is 0.495. The maximum absolute atomic E-state index is 13.6. The molecule has 2 rings (SSSR count). The molecule has 2 aromatic rings. The topological polar surface area (TPSA) is 45.5 Å². The molecule has 3 nitrogen and oxygen atoms in total. The fourth-order valence-corrected chi connectivity index (χ4v) is 1.88. The first-order valence-electron chi connectivity index (χ1n) is 4.35. The lowest BCUT2D eigenvalue weighted by atomic mass is 10.1. The Morgan fingerprint density at radius 1 is 1.35 bits per heavy atom. The van der Waals surface area contributed by atoms with E-state index in [1.807, 2.05) is 0 Å². The fourth-order valence-electron chi connectivity index (χ4n) is 1.39. The Hall–Kier alpha value is -1.27. The first-order chi connectivity index (χ1) is 8.04. The summed E-state index contributed by atoms with van der Waals surface area (Å²) in [5, 5.41) is 10.9. The highest BCUT2D eigenvalue weighted by Crippen LogP contribution is 2.25. The van der Waals surface area contributed by atoms with Gasteiger partial charge in [-0.2, -0.15) is 0 Å². The third kappa shape index (κ3) is 2.10. The van der Waals surface area contributed by atoms with Crippen molar-refractivity contribution in [3.8, 4) is 0 Å². The van der Waals surface area contributed by atoms with Gasteiger partial charge < -0.3 is 5.21 Å². The summed E-state index contributed by atoms with van der Waals surface area (Å²) in [5.74, 6) is -2.33. The van der Waals surface area contributed by atoms with Crippen LogP contribution in [-0.4, -0.2) is 15.4 Å². The van der Waals surface area contributed by atoms with Crippen LogP contribution in [0.2, 0.25) is 0 Å². The van der Waals surface area contributed by atoms with E-state index >= 15 is 0 Å². The minimum Gasteiger partial charge on any atom is -0.410 e. The van der Waals surface area contributed by atoms with E-state index in [1.54, 1.807) is 6.07 Å². The van der Waals surface area contributed by atoms with E-state index in [4.69, 9.17) is 16.8 Å². The average Bonchev–Trinajstić information content (AvgIpc) is 2.32. The van der Waals surface area contributed by atoms with Gasteiger partial charge in [-0.1, -0.05) is 16.8 Å². The number of rotatable bonds is 1. The largest absolute Gasteiger partial charge is 0.410 e. The van der Waals surface area contributed by atoms with Crippen LogP contribution in [0.15, 0.2) is 28.0 Å². The molecule has 0 unspecified atom stereocenters. The summed E-state index contributed by atoms with van der Waals surface area (Å²) in [6.45, 7) is 0. The number of halogens is 4. The van der Waals surface area contributed by atoms with Crippen LogP contribution in [0.25, 0.3) is 10.9 Å². The van der Waals surface area contributed by atoms with Gasteiger partial charge in [-0.3, -0.25) is 4.98 Å². The van der Waals surface area contributed by atoms with E-state index in [0.717, 1.165) is 0 Å². The van der Waals surface area contributed by atoms with Crippen molar-refractivity contribution >= 4 is 43.6 Å². The molecule has 0 aliphatic rings. The Kier molecular flexibility index (Phi) is 3.26. The Bertz CT molecular complexity index is 633. The van der Waals surface area contributed by atoms with Crippen LogP contribution in [0.3, 0.4) is 0 Å². The zero-order valence-electron chi connectivity index (χ0n) is 8.09. The SMILES string of the molecule is O/N=C(\Cl)c1cc2cc(Br)cnc2c(F)c1F. The highest BCUT2D eigenvalue weighted by atomic mass is 79.9. The van der Waals surface area contributed by atoms with Gasteiger partial charge in [-0.25, -0.2) is 8.78 Å². The van der Waals surface area contributed by atoms with Crippen LogP contribution in [0.4, 0.5) is 8.78 Å². The molecular formula is C10H4BrClF2N2O. The molecule has 0 radical (unpaired) electrons. The molecule has 88 valence electrons. The Morgan fingerprint density at radius 3 is 2.71 bits per heavy atom. The van der Waals surface area contributed by atoms with Crippen molar-refractivity contribution in [2.24, 2.45) is 5.16 Å². The predicted molar refractivity (Wildman–Crippen MR) is 63.5 cm³/mol. The molecule has 7 heteroatoms. The van der Waals surface area contributed by atoms with Crippen molar-refractivity contribution in [3.05, 3.63) is 40.0 Å². The number of benzene rings is 1.